The third-order valence-electron chi connectivity index (χ3n) is 6.70. The summed E-state index contributed by atoms with van der Waals surface area (Å²) >= 11 is 0. The van der Waals surface area contributed by atoms with E-state index in [2.05, 4.69) is 20.8 Å². The molecule has 0 bridgehead atoms. The Hall–Kier alpha value is -2.90. The lowest BCUT2D eigenvalue weighted by Crippen LogP contribution is -2.49. The highest BCUT2D eigenvalue weighted by Gasteiger charge is 2.27. The number of carbonyl (C=O) groups excluding carboxylic acids is 1. The van der Waals surface area contributed by atoms with Crippen LogP contribution in [0.25, 0.3) is 0 Å². The van der Waals surface area contributed by atoms with Gasteiger partial charge >= 0.3 is 0 Å². The second-order valence-corrected chi connectivity index (χ2v) is 9.28. The molecule has 32 heavy (non-hydrogen) atoms. The molecule has 0 radical (unpaired) electrons. The Morgan fingerprint density at radius 3 is 1.47 bits per heavy atom. The SMILES string of the molecule is Cc1cc(C)cc(C(=O)N2CCN(c3nc(N4CCCC4)nc(N4CCCC4)n3)CC2)c1. The van der Waals surface area contributed by atoms with E-state index in [0.717, 1.165) is 73.8 Å². The number of carbonyl (C=O) groups is 1. The standard InChI is InChI=1S/C24H33N7O/c1-18-15-19(2)17-20(16-18)21(32)28-11-13-31(14-12-28)24-26-22(29-7-3-4-8-29)25-23(27-24)30-9-5-6-10-30/h15-17H,3-14H2,1-2H3. The van der Waals surface area contributed by atoms with E-state index >= 15 is 0 Å². The van der Waals surface area contributed by atoms with E-state index in [-0.39, 0.29) is 5.91 Å². The Bertz CT molecular complexity index is 920. The average molecular weight is 436 g/mol. The summed E-state index contributed by atoms with van der Waals surface area (Å²) < 4.78 is 0. The fourth-order valence-electron chi connectivity index (χ4n) is 4.99. The van der Waals surface area contributed by atoms with Crippen LogP contribution >= 0.6 is 0 Å². The Kier molecular flexibility index (Phi) is 5.85. The molecule has 0 aliphatic carbocycles. The average Bonchev–Trinajstić information content (AvgIpc) is 3.52. The molecule has 170 valence electrons. The zero-order valence-corrected chi connectivity index (χ0v) is 19.3. The molecule has 0 N–H and O–H groups in total. The van der Waals surface area contributed by atoms with Gasteiger partial charge in [0.25, 0.3) is 5.91 Å². The van der Waals surface area contributed by atoms with Gasteiger partial charge in [0.2, 0.25) is 17.8 Å². The first-order valence-electron chi connectivity index (χ1n) is 12.0. The fraction of sp³-hybridized carbons (Fsp3) is 0.583. The first-order chi connectivity index (χ1) is 15.6. The number of rotatable bonds is 4. The minimum atomic E-state index is 0.114. The number of benzene rings is 1. The maximum atomic E-state index is 13.1. The topological polar surface area (TPSA) is 68.7 Å². The van der Waals surface area contributed by atoms with E-state index in [1.165, 1.54) is 25.7 Å². The van der Waals surface area contributed by atoms with Crippen LogP contribution in [0.2, 0.25) is 0 Å². The van der Waals surface area contributed by atoms with E-state index in [9.17, 15) is 4.79 Å². The van der Waals surface area contributed by atoms with Gasteiger partial charge in [0.1, 0.15) is 0 Å². The lowest BCUT2D eigenvalue weighted by Gasteiger charge is -2.35. The summed E-state index contributed by atoms with van der Waals surface area (Å²) in [4.78, 5) is 36.3. The van der Waals surface area contributed by atoms with Gasteiger partial charge in [-0.05, 0) is 51.7 Å². The minimum absolute atomic E-state index is 0.114. The minimum Gasteiger partial charge on any atom is -0.341 e. The van der Waals surface area contributed by atoms with Gasteiger partial charge in [0, 0.05) is 57.9 Å². The number of hydrogen-bond donors (Lipinski definition) is 0. The quantitative estimate of drug-likeness (QED) is 0.731. The first kappa shape index (κ1) is 21.0. The zero-order valence-electron chi connectivity index (χ0n) is 19.3. The lowest BCUT2D eigenvalue weighted by molar-refractivity contribution is 0.0746. The molecule has 8 heteroatoms. The molecule has 1 amide bonds. The molecule has 1 aromatic heterocycles. The van der Waals surface area contributed by atoms with Crippen LogP contribution in [0.3, 0.4) is 0 Å². The largest absolute Gasteiger partial charge is 0.341 e. The van der Waals surface area contributed by atoms with Crippen molar-refractivity contribution in [3.05, 3.63) is 34.9 Å². The van der Waals surface area contributed by atoms with E-state index in [1.807, 2.05) is 30.9 Å². The molecule has 8 nitrogen and oxygen atoms in total. The molecule has 3 aliphatic rings. The van der Waals surface area contributed by atoms with Crippen molar-refractivity contribution in [1.29, 1.82) is 0 Å². The summed E-state index contributed by atoms with van der Waals surface area (Å²) in [7, 11) is 0. The van der Waals surface area contributed by atoms with Gasteiger partial charge in [0.15, 0.2) is 0 Å². The molecule has 4 heterocycles. The van der Waals surface area contributed by atoms with Crippen LogP contribution in [0, 0.1) is 13.8 Å². The molecule has 0 spiro atoms. The van der Waals surface area contributed by atoms with E-state index in [4.69, 9.17) is 15.0 Å². The van der Waals surface area contributed by atoms with Gasteiger partial charge in [-0.25, -0.2) is 0 Å². The highest BCUT2D eigenvalue weighted by molar-refractivity contribution is 5.94. The number of anilines is 3. The lowest BCUT2D eigenvalue weighted by atomic mass is 10.1. The molecule has 0 unspecified atom stereocenters. The molecule has 2 aromatic rings. The van der Waals surface area contributed by atoms with Crippen molar-refractivity contribution >= 4 is 23.8 Å². The van der Waals surface area contributed by atoms with Crippen LogP contribution in [0.5, 0.6) is 0 Å². The van der Waals surface area contributed by atoms with Gasteiger partial charge in [-0.3, -0.25) is 4.79 Å². The molecule has 0 atom stereocenters. The fourth-order valence-corrected chi connectivity index (χ4v) is 4.99. The summed E-state index contributed by atoms with van der Waals surface area (Å²) in [6.07, 6.45) is 4.77. The highest BCUT2D eigenvalue weighted by Crippen LogP contribution is 2.25. The Morgan fingerprint density at radius 1 is 0.625 bits per heavy atom. The Morgan fingerprint density at radius 2 is 1.03 bits per heavy atom. The Balaban J connectivity index is 1.32. The third kappa shape index (κ3) is 4.36. The van der Waals surface area contributed by atoms with Crippen LogP contribution in [0.15, 0.2) is 18.2 Å². The maximum Gasteiger partial charge on any atom is 0.253 e. The van der Waals surface area contributed by atoms with Crippen LogP contribution < -0.4 is 14.7 Å². The van der Waals surface area contributed by atoms with Crippen LogP contribution in [0.4, 0.5) is 17.8 Å². The van der Waals surface area contributed by atoms with Gasteiger partial charge in [-0.15, -0.1) is 0 Å². The smallest absolute Gasteiger partial charge is 0.253 e. The predicted octanol–water partition coefficient (Wildman–Crippen LogP) is 2.65. The molecule has 1 aromatic carbocycles. The number of hydrogen-bond acceptors (Lipinski definition) is 7. The van der Waals surface area contributed by atoms with Crippen LogP contribution in [-0.2, 0) is 0 Å². The number of piperazine rings is 1. The molecule has 0 saturated carbocycles. The molecule has 3 fully saturated rings. The predicted molar refractivity (Wildman–Crippen MR) is 127 cm³/mol. The zero-order chi connectivity index (χ0) is 22.1. The summed E-state index contributed by atoms with van der Waals surface area (Å²) in [5.41, 5.74) is 3.03. The Labute approximate surface area is 190 Å². The van der Waals surface area contributed by atoms with E-state index in [0.29, 0.717) is 13.1 Å². The van der Waals surface area contributed by atoms with Gasteiger partial charge in [-0.1, -0.05) is 17.2 Å². The highest BCUT2D eigenvalue weighted by atomic mass is 16.2. The normalized spacial score (nSPS) is 19.2. The van der Waals surface area contributed by atoms with Crippen molar-refractivity contribution in [3.8, 4) is 0 Å². The maximum absolute atomic E-state index is 13.1. The van der Waals surface area contributed by atoms with Crippen molar-refractivity contribution in [3.63, 3.8) is 0 Å². The second-order valence-electron chi connectivity index (χ2n) is 9.28. The van der Waals surface area contributed by atoms with Crippen molar-refractivity contribution in [2.45, 2.75) is 39.5 Å². The van der Waals surface area contributed by atoms with Crippen molar-refractivity contribution in [2.24, 2.45) is 0 Å². The monoisotopic (exact) mass is 435 g/mol. The van der Waals surface area contributed by atoms with Gasteiger partial charge in [0.05, 0.1) is 0 Å². The first-order valence-corrected chi connectivity index (χ1v) is 12.0. The van der Waals surface area contributed by atoms with Crippen molar-refractivity contribution < 1.29 is 4.79 Å². The summed E-state index contributed by atoms with van der Waals surface area (Å²) in [6.45, 7) is 11.0. The summed E-state index contributed by atoms with van der Waals surface area (Å²) in [5.74, 6) is 2.48. The number of nitrogens with zero attached hydrogens (tertiary/aromatic N) is 7. The van der Waals surface area contributed by atoms with Crippen molar-refractivity contribution in [1.82, 2.24) is 19.9 Å². The second kappa shape index (κ2) is 8.92. The number of amides is 1. The molecular weight excluding hydrogens is 402 g/mol. The van der Waals surface area contributed by atoms with E-state index < -0.39 is 0 Å². The van der Waals surface area contributed by atoms with Crippen LogP contribution in [-0.4, -0.2) is 78.1 Å². The molecule has 3 saturated heterocycles. The summed E-state index contributed by atoms with van der Waals surface area (Å²) in [5, 5.41) is 0. The summed E-state index contributed by atoms with van der Waals surface area (Å²) in [6, 6.07) is 6.07. The van der Waals surface area contributed by atoms with Gasteiger partial charge < -0.3 is 19.6 Å². The third-order valence-corrected chi connectivity index (χ3v) is 6.70. The van der Waals surface area contributed by atoms with Crippen LogP contribution in [0.1, 0.15) is 47.2 Å². The molecule has 5 rings (SSSR count). The molecule has 3 aliphatic heterocycles. The van der Waals surface area contributed by atoms with Crippen molar-refractivity contribution in [2.75, 3.05) is 67.1 Å². The van der Waals surface area contributed by atoms with E-state index in [1.54, 1.807) is 0 Å². The number of aromatic nitrogens is 3. The molecular formula is C24H33N7O. The number of aryl methyl sites for hydroxylation is 2. The van der Waals surface area contributed by atoms with Gasteiger partial charge in [-0.2, -0.15) is 15.0 Å².